The van der Waals surface area contributed by atoms with Crippen LogP contribution in [0, 0.1) is 12.4 Å². The van der Waals surface area contributed by atoms with E-state index in [2.05, 4.69) is 4.85 Å². The summed E-state index contributed by atoms with van der Waals surface area (Å²) in [6.45, 7) is 9.54. The van der Waals surface area contributed by atoms with Crippen LogP contribution in [-0.2, 0) is 11.2 Å². The molecule has 3 rings (SSSR count). The lowest BCUT2D eigenvalue weighted by Crippen LogP contribution is -2.51. The Morgan fingerprint density at radius 3 is 2.32 bits per heavy atom. The number of amides is 1. The Balaban J connectivity index is 1.61. The molecule has 25 heavy (non-hydrogen) atoms. The van der Waals surface area contributed by atoms with Gasteiger partial charge in [0.1, 0.15) is 5.82 Å². The van der Waals surface area contributed by atoms with E-state index in [1.807, 2.05) is 41.3 Å². The fourth-order valence-electron chi connectivity index (χ4n) is 3.11. The molecule has 2 aromatic carbocycles. The molecular weight excluding hydrogens is 317 g/mol. The first-order chi connectivity index (χ1) is 12.2. The van der Waals surface area contributed by atoms with Crippen LogP contribution in [0.1, 0.15) is 5.56 Å². The van der Waals surface area contributed by atoms with Crippen molar-refractivity contribution in [3.8, 4) is 0 Å². The highest BCUT2D eigenvalue weighted by Crippen LogP contribution is 2.20. The van der Waals surface area contributed by atoms with E-state index in [0.717, 1.165) is 5.56 Å². The Bertz CT molecular complexity index is 764. The molecule has 0 spiro atoms. The van der Waals surface area contributed by atoms with Crippen molar-refractivity contribution in [3.63, 3.8) is 0 Å². The molecule has 0 radical (unpaired) electrons. The van der Waals surface area contributed by atoms with Gasteiger partial charge in [-0.3, -0.25) is 4.79 Å². The number of carbonyl (C=O) groups is 1. The molecule has 0 aromatic heterocycles. The van der Waals surface area contributed by atoms with E-state index in [1.54, 1.807) is 17.0 Å². The summed E-state index contributed by atoms with van der Waals surface area (Å²) >= 11 is 0. The molecule has 1 amide bonds. The zero-order valence-electron chi connectivity index (χ0n) is 13.9. The topological polar surface area (TPSA) is 27.9 Å². The van der Waals surface area contributed by atoms with Crippen LogP contribution in [0.5, 0.6) is 0 Å². The van der Waals surface area contributed by atoms with E-state index in [4.69, 9.17) is 6.57 Å². The van der Waals surface area contributed by atoms with Crippen molar-refractivity contribution in [3.05, 3.63) is 77.4 Å². The molecule has 1 atom stereocenters. The molecule has 1 saturated heterocycles. The van der Waals surface area contributed by atoms with Gasteiger partial charge in [0.05, 0.1) is 12.1 Å². The lowest BCUT2D eigenvalue weighted by Gasteiger charge is -2.36. The molecule has 0 saturated carbocycles. The first kappa shape index (κ1) is 17.0. The molecule has 1 aliphatic heterocycles. The van der Waals surface area contributed by atoms with Crippen LogP contribution >= 0.6 is 0 Å². The number of para-hydroxylation sites is 1. The van der Waals surface area contributed by atoms with Gasteiger partial charge in [-0.1, -0.05) is 42.5 Å². The number of benzene rings is 2. The van der Waals surface area contributed by atoms with Gasteiger partial charge < -0.3 is 14.6 Å². The molecule has 2 aromatic rings. The summed E-state index contributed by atoms with van der Waals surface area (Å²) in [5, 5.41) is 0. The second kappa shape index (κ2) is 7.80. The van der Waals surface area contributed by atoms with Crippen molar-refractivity contribution in [2.45, 2.75) is 12.5 Å². The number of hydrogen-bond acceptors (Lipinski definition) is 2. The number of piperazine rings is 1. The van der Waals surface area contributed by atoms with Crippen LogP contribution in [0.3, 0.4) is 0 Å². The number of nitrogens with zero attached hydrogens (tertiary/aromatic N) is 3. The third-order valence-corrected chi connectivity index (χ3v) is 4.50. The van der Waals surface area contributed by atoms with Crippen LogP contribution in [-0.4, -0.2) is 43.0 Å². The van der Waals surface area contributed by atoms with Gasteiger partial charge >= 0.3 is 11.9 Å². The lowest BCUT2D eigenvalue weighted by atomic mass is 10.1. The van der Waals surface area contributed by atoms with Gasteiger partial charge in [-0.15, -0.1) is 0 Å². The summed E-state index contributed by atoms with van der Waals surface area (Å²) in [6, 6.07) is 15.6. The predicted octanol–water partition coefficient (Wildman–Crippen LogP) is 3.00. The van der Waals surface area contributed by atoms with E-state index in [1.165, 1.54) is 6.07 Å². The van der Waals surface area contributed by atoms with Crippen LogP contribution in [0.2, 0.25) is 0 Å². The second-order valence-corrected chi connectivity index (χ2v) is 6.10. The van der Waals surface area contributed by atoms with Crippen LogP contribution < -0.4 is 4.90 Å². The highest BCUT2D eigenvalue weighted by Gasteiger charge is 2.31. The van der Waals surface area contributed by atoms with Crippen molar-refractivity contribution >= 4 is 11.6 Å². The molecule has 1 heterocycles. The summed E-state index contributed by atoms with van der Waals surface area (Å²) in [5.74, 6) is -0.377. The van der Waals surface area contributed by atoms with Crippen LogP contribution in [0.4, 0.5) is 10.1 Å². The van der Waals surface area contributed by atoms with Gasteiger partial charge in [0.15, 0.2) is 0 Å². The minimum Gasteiger partial charge on any atom is -0.366 e. The average molecular weight is 337 g/mol. The van der Waals surface area contributed by atoms with Crippen molar-refractivity contribution in [2.75, 3.05) is 31.1 Å². The molecule has 0 aliphatic carbocycles. The fraction of sp³-hybridized carbons (Fsp3) is 0.300. The van der Waals surface area contributed by atoms with Crippen molar-refractivity contribution < 1.29 is 9.18 Å². The molecule has 1 fully saturated rings. The maximum Gasteiger partial charge on any atom is 0.306 e. The summed E-state index contributed by atoms with van der Waals surface area (Å²) in [7, 11) is 0. The highest BCUT2D eigenvalue weighted by molar-refractivity contribution is 5.84. The van der Waals surface area contributed by atoms with Gasteiger partial charge in [0, 0.05) is 26.2 Å². The van der Waals surface area contributed by atoms with E-state index < -0.39 is 6.04 Å². The van der Waals surface area contributed by atoms with E-state index >= 15 is 0 Å². The van der Waals surface area contributed by atoms with E-state index in [0.29, 0.717) is 38.3 Å². The zero-order valence-corrected chi connectivity index (χ0v) is 13.9. The molecule has 0 bridgehead atoms. The smallest absolute Gasteiger partial charge is 0.306 e. The maximum atomic E-state index is 13.9. The van der Waals surface area contributed by atoms with E-state index in [-0.39, 0.29) is 11.7 Å². The molecule has 0 N–H and O–H groups in total. The quantitative estimate of drug-likeness (QED) is 0.802. The van der Waals surface area contributed by atoms with Crippen molar-refractivity contribution in [1.82, 2.24) is 4.90 Å². The molecule has 4 nitrogen and oxygen atoms in total. The third-order valence-electron chi connectivity index (χ3n) is 4.50. The van der Waals surface area contributed by atoms with Gasteiger partial charge in [-0.2, -0.15) is 0 Å². The van der Waals surface area contributed by atoms with Crippen molar-refractivity contribution in [2.24, 2.45) is 0 Å². The first-order valence-corrected chi connectivity index (χ1v) is 8.38. The van der Waals surface area contributed by atoms with Gasteiger partial charge in [0.25, 0.3) is 0 Å². The second-order valence-electron chi connectivity index (χ2n) is 6.10. The Labute approximate surface area is 147 Å². The average Bonchev–Trinajstić information content (AvgIpc) is 2.67. The predicted molar refractivity (Wildman–Crippen MR) is 95.7 cm³/mol. The largest absolute Gasteiger partial charge is 0.366 e. The molecule has 1 unspecified atom stereocenters. The number of carbonyl (C=O) groups excluding carboxylic acids is 1. The molecular formula is C20H20FN3O. The Morgan fingerprint density at radius 1 is 1.04 bits per heavy atom. The minimum atomic E-state index is -0.692. The number of hydrogen-bond donors (Lipinski definition) is 0. The Kier molecular flexibility index (Phi) is 5.30. The minimum absolute atomic E-state index is 0.132. The molecule has 1 aliphatic rings. The first-order valence-electron chi connectivity index (χ1n) is 8.38. The van der Waals surface area contributed by atoms with Gasteiger partial charge in [-0.25, -0.2) is 11.0 Å². The summed E-state index contributed by atoms with van der Waals surface area (Å²) in [4.78, 5) is 19.9. The summed E-state index contributed by atoms with van der Waals surface area (Å²) in [6.07, 6.45) is 0.427. The summed E-state index contributed by atoms with van der Waals surface area (Å²) in [5.41, 5.74) is 1.56. The molecule has 128 valence electrons. The van der Waals surface area contributed by atoms with Gasteiger partial charge in [-0.05, 0) is 17.7 Å². The van der Waals surface area contributed by atoms with E-state index in [9.17, 15) is 9.18 Å². The SMILES string of the molecule is [C-]#[N+]C(Cc1ccccc1)C(=O)N1CCN(c2ccccc2F)CC1. The Morgan fingerprint density at radius 2 is 1.68 bits per heavy atom. The van der Waals surface area contributed by atoms with Crippen molar-refractivity contribution in [1.29, 1.82) is 0 Å². The fourth-order valence-corrected chi connectivity index (χ4v) is 3.11. The normalized spacial score (nSPS) is 15.5. The summed E-state index contributed by atoms with van der Waals surface area (Å²) < 4.78 is 13.9. The number of halogens is 1. The monoisotopic (exact) mass is 337 g/mol. The van der Waals surface area contributed by atoms with Gasteiger partial charge in [0.2, 0.25) is 0 Å². The number of anilines is 1. The van der Waals surface area contributed by atoms with Crippen LogP contribution in [0.25, 0.3) is 4.85 Å². The number of rotatable bonds is 4. The molecule has 5 heteroatoms. The highest BCUT2D eigenvalue weighted by atomic mass is 19.1. The van der Waals surface area contributed by atoms with Crippen LogP contribution in [0.15, 0.2) is 54.6 Å². The Hall–Kier alpha value is -2.87. The lowest BCUT2D eigenvalue weighted by molar-refractivity contribution is -0.131. The standard InChI is InChI=1S/C20H20FN3O/c1-22-18(15-16-7-3-2-4-8-16)20(25)24-13-11-23(12-14-24)19-10-6-5-9-17(19)21/h2-10,18H,11-15H2. The zero-order chi connectivity index (χ0) is 17.6. The maximum absolute atomic E-state index is 13.9. The third kappa shape index (κ3) is 3.97.